The maximum absolute atomic E-state index is 11.1. The molecule has 14 heavy (non-hydrogen) atoms. The first-order valence-corrected chi connectivity index (χ1v) is 5.03. The van der Waals surface area contributed by atoms with Crippen molar-refractivity contribution in [1.82, 2.24) is 5.48 Å². The lowest BCUT2D eigenvalue weighted by Gasteiger charge is -2.14. The normalized spacial score (nSPS) is 14.2. The number of carbonyl (C=O) groups excluding carboxylic acids is 1. The van der Waals surface area contributed by atoms with Crippen LogP contribution in [0.4, 0.5) is 0 Å². The van der Waals surface area contributed by atoms with Gasteiger partial charge < -0.3 is 0 Å². The summed E-state index contributed by atoms with van der Waals surface area (Å²) in [7, 11) is 0. The molecule has 0 unspecified atom stereocenters. The number of thioether (sulfide) groups is 1. The number of carbonyl (C=O) groups is 1. The van der Waals surface area contributed by atoms with Crippen molar-refractivity contribution in [3.8, 4) is 0 Å². The number of hydroxylamine groups is 1. The molecule has 0 saturated heterocycles. The average Bonchev–Trinajstić information content (AvgIpc) is 2.27. The Labute approximate surface area is 85.8 Å². The van der Waals surface area contributed by atoms with Gasteiger partial charge in [-0.05, 0) is 18.1 Å². The number of hydrogen-bond acceptors (Lipinski definition) is 3. The lowest BCUT2D eigenvalue weighted by molar-refractivity contribution is -0.124. The van der Waals surface area contributed by atoms with Gasteiger partial charge in [0.1, 0.15) is 0 Å². The molecule has 1 aromatic rings. The minimum atomic E-state index is -0.440. The molecule has 0 fully saturated rings. The van der Waals surface area contributed by atoms with E-state index in [2.05, 4.69) is 0 Å². The molecule has 0 bridgehead atoms. The van der Waals surface area contributed by atoms with Crippen LogP contribution in [0.3, 0.4) is 0 Å². The average molecular weight is 207 g/mol. The first-order chi connectivity index (χ1) is 6.81. The maximum atomic E-state index is 11.1. The summed E-state index contributed by atoms with van der Waals surface area (Å²) in [6.07, 6.45) is 2.56. The predicted octanol–water partition coefficient (Wildman–Crippen LogP) is 1.72. The van der Waals surface area contributed by atoms with Crippen LogP contribution in [0.5, 0.6) is 0 Å². The molecule has 1 aliphatic heterocycles. The molecule has 1 amide bonds. The van der Waals surface area contributed by atoms with Crippen LogP contribution in [0, 0.1) is 0 Å². The van der Waals surface area contributed by atoms with Gasteiger partial charge in [-0.2, -0.15) is 0 Å². The van der Waals surface area contributed by atoms with Gasteiger partial charge in [0.15, 0.2) is 0 Å². The number of rotatable bonds is 1. The van der Waals surface area contributed by atoms with Crippen molar-refractivity contribution in [2.24, 2.45) is 0 Å². The highest BCUT2D eigenvalue weighted by Crippen LogP contribution is 2.34. The van der Waals surface area contributed by atoms with Crippen LogP contribution in [0.25, 0.3) is 0 Å². The van der Waals surface area contributed by atoms with Crippen molar-refractivity contribution in [2.75, 3.05) is 0 Å². The standard InChI is InChI=1S/C10H9NO2S/c12-10(11-13)9-6-5-7-3-1-2-4-8(7)14-9/h1-4,6,13H,5H2,(H,11,12). The van der Waals surface area contributed by atoms with E-state index >= 15 is 0 Å². The van der Waals surface area contributed by atoms with E-state index in [-0.39, 0.29) is 0 Å². The zero-order valence-electron chi connectivity index (χ0n) is 7.36. The highest BCUT2D eigenvalue weighted by Gasteiger charge is 2.16. The molecule has 2 N–H and O–H groups in total. The molecule has 1 aromatic carbocycles. The summed E-state index contributed by atoms with van der Waals surface area (Å²) in [5.74, 6) is -0.440. The zero-order valence-corrected chi connectivity index (χ0v) is 8.17. The molecular weight excluding hydrogens is 198 g/mol. The van der Waals surface area contributed by atoms with Gasteiger partial charge in [0.25, 0.3) is 5.91 Å². The fourth-order valence-electron chi connectivity index (χ4n) is 1.33. The Hall–Kier alpha value is -1.26. The van der Waals surface area contributed by atoms with Crippen LogP contribution in [0.1, 0.15) is 5.56 Å². The molecule has 3 nitrogen and oxygen atoms in total. The highest BCUT2D eigenvalue weighted by atomic mass is 32.2. The predicted molar refractivity (Wildman–Crippen MR) is 54.0 cm³/mol. The fourth-order valence-corrected chi connectivity index (χ4v) is 2.30. The summed E-state index contributed by atoms with van der Waals surface area (Å²) >= 11 is 1.38. The molecule has 1 heterocycles. The number of allylic oxidation sites excluding steroid dienone is 1. The van der Waals surface area contributed by atoms with Crippen molar-refractivity contribution in [1.29, 1.82) is 0 Å². The second-order valence-electron chi connectivity index (χ2n) is 2.92. The van der Waals surface area contributed by atoms with E-state index in [9.17, 15) is 4.79 Å². The van der Waals surface area contributed by atoms with Crippen LogP contribution in [0.15, 0.2) is 40.1 Å². The Kier molecular flexibility index (Phi) is 2.56. The first kappa shape index (κ1) is 9.30. The Bertz CT molecular complexity index is 401. The smallest absolute Gasteiger partial charge is 0.281 e. The number of fused-ring (bicyclic) bond motifs is 1. The van der Waals surface area contributed by atoms with Gasteiger partial charge >= 0.3 is 0 Å². The largest absolute Gasteiger partial charge is 0.288 e. The zero-order chi connectivity index (χ0) is 9.97. The molecule has 4 heteroatoms. The van der Waals surface area contributed by atoms with Crippen molar-refractivity contribution >= 4 is 17.7 Å². The molecule has 72 valence electrons. The third-order valence-corrected chi connectivity index (χ3v) is 3.22. The molecular formula is C10H9NO2S. The molecule has 1 aliphatic rings. The Balaban J connectivity index is 2.25. The first-order valence-electron chi connectivity index (χ1n) is 4.21. The van der Waals surface area contributed by atoms with E-state index in [0.29, 0.717) is 4.91 Å². The van der Waals surface area contributed by atoms with Crippen LogP contribution in [-0.4, -0.2) is 11.1 Å². The third-order valence-electron chi connectivity index (χ3n) is 2.03. The highest BCUT2D eigenvalue weighted by molar-refractivity contribution is 8.04. The number of hydrogen-bond donors (Lipinski definition) is 2. The van der Waals surface area contributed by atoms with Gasteiger partial charge in [0, 0.05) is 4.90 Å². The molecule has 0 saturated carbocycles. The lowest BCUT2D eigenvalue weighted by atomic mass is 10.1. The van der Waals surface area contributed by atoms with E-state index in [4.69, 9.17) is 5.21 Å². The monoisotopic (exact) mass is 207 g/mol. The van der Waals surface area contributed by atoms with Crippen LogP contribution in [-0.2, 0) is 11.2 Å². The Morgan fingerprint density at radius 3 is 3.00 bits per heavy atom. The molecule has 0 aliphatic carbocycles. The molecule has 0 aromatic heterocycles. The molecule has 2 rings (SSSR count). The van der Waals surface area contributed by atoms with Crippen molar-refractivity contribution in [3.05, 3.63) is 40.8 Å². The minimum Gasteiger partial charge on any atom is -0.288 e. The topological polar surface area (TPSA) is 49.3 Å². The summed E-state index contributed by atoms with van der Waals surface area (Å²) in [6.45, 7) is 0. The van der Waals surface area contributed by atoms with Gasteiger partial charge in [-0.15, -0.1) is 0 Å². The quantitative estimate of drug-likeness (QED) is 0.544. The van der Waals surface area contributed by atoms with Gasteiger partial charge in [0.05, 0.1) is 4.91 Å². The fraction of sp³-hybridized carbons (Fsp3) is 0.100. The summed E-state index contributed by atoms with van der Waals surface area (Å²) in [5, 5.41) is 8.48. The van der Waals surface area contributed by atoms with Crippen LogP contribution < -0.4 is 5.48 Å². The summed E-state index contributed by atoms with van der Waals surface area (Å²) in [4.78, 5) is 12.8. The van der Waals surface area contributed by atoms with E-state index in [1.165, 1.54) is 17.3 Å². The summed E-state index contributed by atoms with van der Waals surface area (Å²) in [6, 6.07) is 7.92. The Morgan fingerprint density at radius 1 is 1.43 bits per heavy atom. The second-order valence-corrected chi connectivity index (χ2v) is 4.01. The maximum Gasteiger partial charge on any atom is 0.281 e. The van der Waals surface area contributed by atoms with Crippen LogP contribution in [0.2, 0.25) is 0 Å². The second kappa shape index (κ2) is 3.86. The third kappa shape index (κ3) is 1.66. The number of benzene rings is 1. The van der Waals surface area contributed by atoms with E-state index in [0.717, 1.165) is 11.3 Å². The van der Waals surface area contributed by atoms with Crippen LogP contribution >= 0.6 is 11.8 Å². The van der Waals surface area contributed by atoms with Gasteiger partial charge in [-0.1, -0.05) is 36.0 Å². The molecule has 0 radical (unpaired) electrons. The summed E-state index contributed by atoms with van der Waals surface area (Å²) in [5.41, 5.74) is 2.85. The van der Waals surface area contributed by atoms with Gasteiger partial charge in [-0.25, -0.2) is 5.48 Å². The Morgan fingerprint density at radius 2 is 2.21 bits per heavy atom. The minimum absolute atomic E-state index is 0.440. The lowest BCUT2D eigenvalue weighted by Crippen LogP contribution is -2.20. The SMILES string of the molecule is O=C(NO)C1=CCc2ccccc2S1. The van der Waals surface area contributed by atoms with Crippen molar-refractivity contribution in [3.63, 3.8) is 0 Å². The molecule has 0 spiro atoms. The number of nitrogens with one attached hydrogen (secondary N) is 1. The molecule has 0 atom stereocenters. The van der Waals surface area contributed by atoms with Gasteiger partial charge in [0.2, 0.25) is 0 Å². The van der Waals surface area contributed by atoms with Crippen molar-refractivity contribution < 1.29 is 10.0 Å². The number of amides is 1. The summed E-state index contributed by atoms with van der Waals surface area (Å²) < 4.78 is 0. The van der Waals surface area contributed by atoms with E-state index in [1.54, 1.807) is 5.48 Å². The van der Waals surface area contributed by atoms with E-state index in [1.807, 2.05) is 30.3 Å². The van der Waals surface area contributed by atoms with E-state index < -0.39 is 5.91 Å². The van der Waals surface area contributed by atoms with Gasteiger partial charge in [-0.3, -0.25) is 10.0 Å². The van der Waals surface area contributed by atoms with Crippen molar-refractivity contribution in [2.45, 2.75) is 11.3 Å².